The number of thioether (sulfide) groups is 1. The van der Waals surface area contributed by atoms with E-state index in [1.165, 1.54) is 0 Å². The third kappa shape index (κ3) is 6.98. The second kappa shape index (κ2) is 10.1. The van der Waals surface area contributed by atoms with Crippen LogP contribution < -0.4 is 4.74 Å². The molecule has 0 spiro atoms. The molecule has 0 heterocycles. The minimum atomic E-state index is -1.02. The first kappa shape index (κ1) is 20.1. The minimum absolute atomic E-state index is 0.0447. The number of carbonyl (C=O) groups is 2. The molecule has 0 unspecified atom stereocenters. The lowest BCUT2D eigenvalue weighted by molar-refractivity contribution is -0.139. The van der Waals surface area contributed by atoms with Crippen molar-refractivity contribution in [1.82, 2.24) is 4.90 Å². The van der Waals surface area contributed by atoms with Gasteiger partial charge in [0.1, 0.15) is 5.75 Å². The lowest BCUT2D eigenvalue weighted by atomic mass is 10.2. The van der Waals surface area contributed by atoms with Gasteiger partial charge in [-0.2, -0.15) is 0 Å². The molecule has 0 saturated heterocycles. The minimum Gasteiger partial charge on any atom is -0.482 e. The molecule has 0 saturated carbocycles. The predicted molar refractivity (Wildman–Crippen MR) is 104 cm³/mol. The van der Waals surface area contributed by atoms with Crippen molar-refractivity contribution in [2.24, 2.45) is 0 Å². The molecule has 0 bridgehead atoms. The molecule has 26 heavy (non-hydrogen) atoms. The van der Waals surface area contributed by atoms with E-state index in [0.29, 0.717) is 23.1 Å². The molecule has 1 N–H and O–H groups in total. The number of nitrogens with zero attached hydrogens (tertiary/aromatic N) is 1. The van der Waals surface area contributed by atoms with Crippen LogP contribution in [0, 0.1) is 0 Å². The third-order valence-electron chi connectivity index (χ3n) is 3.51. The molecule has 0 aliphatic carbocycles. The summed E-state index contributed by atoms with van der Waals surface area (Å²) in [7, 11) is 1.76. The number of aliphatic carboxylic acids is 1. The molecule has 0 atom stereocenters. The number of amides is 1. The topological polar surface area (TPSA) is 66.8 Å². The van der Waals surface area contributed by atoms with Gasteiger partial charge in [-0.25, -0.2) is 4.79 Å². The molecule has 5 nitrogen and oxygen atoms in total. The van der Waals surface area contributed by atoms with Gasteiger partial charge in [-0.15, -0.1) is 11.8 Å². The van der Waals surface area contributed by atoms with E-state index < -0.39 is 5.97 Å². The fourth-order valence-corrected chi connectivity index (χ4v) is 3.32. The van der Waals surface area contributed by atoms with Crippen LogP contribution in [-0.2, 0) is 21.9 Å². The smallest absolute Gasteiger partial charge is 0.341 e. The summed E-state index contributed by atoms with van der Waals surface area (Å²) in [6.45, 7) is 0.108. The van der Waals surface area contributed by atoms with Gasteiger partial charge in [0, 0.05) is 24.4 Å². The number of halogens is 1. The van der Waals surface area contributed by atoms with Crippen molar-refractivity contribution < 1.29 is 19.4 Å². The first-order valence-electron chi connectivity index (χ1n) is 7.93. The van der Waals surface area contributed by atoms with Crippen molar-refractivity contribution in [3.63, 3.8) is 0 Å². The van der Waals surface area contributed by atoms with E-state index in [1.807, 2.05) is 36.4 Å². The number of hydrogen-bond acceptors (Lipinski definition) is 4. The molecule has 0 aromatic heterocycles. The van der Waals surface area contributed by atoms with E-state index in [1.54, 1.807) is 35.8 Å². The summed E-state index contributed by atoms with van der Waals surface area (Å²) in [4.78, 5) is 24.4. The Bertz CT molecular complexity index is 751. The molecule has 0 radical (unpaired) electrons. The zero-order valence-corrected chi connectivity index (χ0v) is 15.9. The highest BCUT2D eigenvalue weighted by molar-refractivity contribution is 7.99. The van der Waals surface area contributed by atoms with Crippen LogP contribution >= 0.6 is 23.4 Å². The summed E-state index contributed by atoms with van der Waals surface area (Å²) in [6, 6.07) is 14.6. The zero-order chi connectivity index (χ0) is 18.9. The van der Waals surface area contributed by atoms with Crippen LogP contribution in [0.4, 0.5) is 0 Å². The van der Waals surface area contributed by atoms with E-state index in [2.05, 4.69) is 0 Å². The Morgan fingerprint density at radius 2 is 1.88 bits per heavy atom. The molecular formula is C19H20ClNO4S. The molecular weight excluding hydrogens is 374 g/mol. The highest BCUT2D eigenvalue weighted by Gasteiger charge is 2.10. The number of hydrogen-bond donors (Lipinski definition) is 1. The van der Waals surface area contributed by atoms with Gasteiger partial charge in [-0.1, -0.05) is 35.9 Å². The van der Waals surface area contributed by atoms with Gasteiger partial charge in [-0.3, -0.25) is 4.79 Å². The van der Waals surface area contributed by atoms with Crippen LogP contribution in [0.15, 0.2) is 48.5 Å². The van der Waals surface area contributed by atoms with Crippen LogP contribution in [0.5, 0.6) is 5.75 Å². The number of carboxylic acids is 1. The van der Waals surface area contributed by atoms with Gasteiger partial charge in [0.25, 0.3) is 0 Å². The predicted octanol–water partition coefficient (Wildman–Crippen LogP) is 3.70. The Hall–Kier alpha value is -2.18. The monoisotopic (exact) mass is 393 g/mol. The van der Waals surface area contributed by atoms with E-state index in [9.17, 15) is 9.59 Å². The third-order valence-corrected chi connectivity index (χ3v) is 4.74. The van der Waals surface area contributed by atoms with Gasteiger partial charge in [-0.05, 0) is 35.4 Å². The van der Waals surface area contributed by atoms with Crippen LogP contribution in [0.2, 0.25) is 5.02 Å². The summed E-state index contributed by atoms with van der Waals surface area (Å²) in [5, 5.41) is 9.29. The first-order chi connectivity index (χ1) is 12.4. The summed E-state index contributed by atoms with van der Waals surface area (Å²) < 4.78 is 5.09. The van der Waals surface area contributed by atoms with Crippen molar-refractivity contribution in [3.05, 3.63) is 64.7 Å². The van der Waals surface area contributed by atoms with E-state index in [4.69, 9.17) is 21.4 Å². The van der Waals surface area contributed by atoms with E-state index in [-0.39, 0.29) is 12.5 Å². The fourth-order valence-electron chi connectivity index (χ4n) is 2.19. The Balaban J connectivity index is 1.76. The van der Waals surface area contributed by atoms with E-state index in [0.717, 1.165) is 16.9 Å². The lowest BCUT2D eigenvalue weighted by Crippen LogP contribution is -2.27. The molecule has 2 rings (SSSR count). The Labute approximate surface area is 161 Å². The molecule has 0 aliphatic rings. The standard InChI is InChI=1S/C19H20ClNO4S/c1-21(10-14-5-7-17(8-6-14)25-11-19(23)24)18(22)13-26-12-15-3-2-4-16(20)9-15/h2-9H,10-13H2,1H3,(H,23,24). The first-order valence-corrected chi connectivity index (χ1v) is 9.47. The SMILES string of the molecule is CN(Cc1ccc(OCC(=O)O)cc1)C(=O)CSCc1cccc(Cl)c1. The number of rotatable bonds is 9. The molecule has 1 amide bonds. The second-order valence-electron chi connectivity index (χ2n) is 5.70. The second-order valence-corrected chi connectivity index (χ2v) is 7.12. The lowest BCUT2D eigenvalue weighted by Gasteiger charge is -2.17. The molecule has 7 heteroatoms. The van der Waals surface area contributed by atoms with Crippen molar-refractivity contribution >= 4 is 35.2 Å². The van der Waals surface area contributed by atoms with Crippen LogP contribution in [0.1, 0.15) is 11.1 Å². The molecule has 0 aliphatic heterocycles. The summed E-state index contributed by atoms with van der Waals surface area (Å²) >= 11 is 7.50. The van der Waals surface area contributed by atoms with Crippen molar-refractivity contribution in [2.45, 2.75) is 12.3 Å². The quantitative estimate of drug-likeness (QED) is 0.703. The average molecular weight is 394 g/mol. The Morgan fingerprint density at radius 1 is 1.15 bits per heavy atom. The van der Waals surface area contributed by atoms with Crippen LogP contribution in [-0.4, -0.2) is 41.3 Å². The van der Waals surface area contributed by atoms with Crippen LogP contribution in [0.25, 0.3) is 0 Å². The Kier molecular flexibility index (Phi) is 7.81. The zero-order valence-electron chi connectivity index (χ0n) is 14.4. The average Bonchev–Trinajstić information content (AvgIpc) is 2.61. The summed E-state index contributed by atoms with van der Waals surface area (Å²) in [6.07, 6.45) is 0. The maximum atomic E-state index is 12.2. The van der Waals surface area contributed by atoms with Gasteiger partial charge < -0.3 is 14.7 Å². The maximum Gasteiger partial charge on any atom is 0.341 e. The molecule has 2 aromatic carbocycles. The highest BCUT2D eigenvalue weighted by atomic mass is 35.5. The maximum absolute atomic E-state index is 12.2. The number of carboxylic acid groups (broad SMARTS) is 1. The largest absolute Gasteiger partial charge is 0.482 e. The Morgan fingerprint density at radius 3 is 2.54 bits per heavy atom. The fraction of sp³-hybridized carbons (Fsp3) is 0.263. The number of ether oxygens (including phenoxy) is 1. The van der Waals surface area contributed by atoms with Gasteiger partial charge in [0.2, 0.25) is 5.91 Å². The molecule has 0 fully saturated rings. The normalized spacial score (nSPS) is 10.4. The van der Waals surface area contributed by atoms with Gasteiger partial charge >= 0.3 is 5.97 Å². The summed E-state index contributed by atoms with van der Waals surface area (Å²) in [5.74, 6) is 0.638. The number of carbonyl (C=O) groups excluding carboxylic acids is 1. The highest BCUT2D eigenvalue weighted by Crippen LogP contribution is 2.18. The van der Waals surface area contributed by atoms with Crippen molar-refractivity contribution in [1.29, 1.82) is 0 Å². The molecule has 138 valence electrons. The number of benzene rings is 2. The van der Waals surface area contributed by atoms with Gasteiger partial charge in [0.15, 0.2) is 6.61 Å². The summed E-state index contributed by atoms with van der Waals surface area (Å²) in [5.41, 5.74) is 2.04. The van der Waals surface area contributed by atoms with Crippen molar-refractivity contribution in [3.8, 4) is 5.75 Å². The van der Waals surface area contributed by atoms with E-state index >= 15 is 0 Å². The molecule has 2 aromatic rings. The van der Waals surface area contributed by atoms with Crippen LogP contribution in [0.3, 0.4) is 0 Å². The van der Waals surface area contributed by atoms with Crippen molar-refractivity contribution in [2.75, 3.05) is 19.4 Å². The van der Waals surface area contributed by atoms with Gasteiger partial charge in [0.05, 0.1) is 5.75 Å².